The van der Waals surface area contributed by atoms with Crippen LogP contribution in [0.5, 0.6) is 0 Å². The van der Waals surface area contributed by atoms with Gasteiger partial charge < -0.3 is 14.6 Å². The van der Waals surface area contributed by atoms with Gasteiger partial charge in [-0.1, -0.05) is 0 Å². The van der Waals surface area contributed by atoms with Crippen LogP contribution >= 0.6 is 0 Å². The van der Waals surface area contributed by atoms with Gasteiger partial charge in [0.05, 0.1) is 19.3 Å². The zero-order valence-electron chi connectivity index (χ0n) is 16.5. The maximum absolute atomic E-state index is 12.3. The van der Waals surface area contributed by atoms with E-state index in [9.17, 15) is 9.00 Å². The summed E-state index contributed by atoms with van der Waals surface area (Å²) in [5, 5.41) is 0.794. The van der Waals surface area contributed by atoms with Crippen molar-refractivity contribution in [2.24, 2.45) is 4.36 Å². The van der Waals surface area contributed by atoms with E-state index < -0.39 is 9.73 Å². The molecule has 1 saturated heterocycles. The third-order valence-electron chi connectivity index (χ3n) is 4.58. The number of fused-ring (bicyclic) bond motifs is 1. The van der Waals surface area contributed by atoms with Crippen LogP contribution in [-0.4, -0.2) is 68.7 Å². The smallest absolute Gasteiger partial charge is 0.168 e. The SMILES string of the molecule is C[C@@H]1COCCN1c1cc(N=S(C)(C)=O)nc(-c2cc(C=O)nc3[nH]ccc23)n1. The lowest BCUT2D eigenvalue weighted by atomic mass is 10.1. The Morgan fingerprint density at radius 3 is 2.86 bits per heavy atom. The summed E-state index contributed by atoms with van der Waals surface area (Å²) < 4.78 is 22.1. The van der Waals surface area contributed by atoms with E-state index >= 15 is 0 Å². The zero-order chi connectivity index (χ0) is 20.6. The lowest BCUT2D eigenvalue weighted by Crippen LogP contribution is -2.44. The monoisotopic (exact) mass is 414 g/mol. The van der Waals surface area contributed by atoms with Crippen LogP contribution in [0.4, 0.5) is 11.6 Å². The van der Waals surface area contributed by atoms with E-state index in [-0.39, 0.29) is 11.7 Å². The molecule has 1 fully saturated rings. The number of anilines is 1. The summed E-state index contributed by atoms with van der Waals surface area (Å²) in [7, 11) is -2.41. The Balaban J connectivity index is 1.95. The number of morpholine rings is 1. The van der Waals surface area contributed by atoms with Gasteiger partial charge in [0.1, 0.15) is 17.2 Å². The Bertz CT molecular complexity index is 1190. The molecule has 0 radical (unpaired) electrons. The molecule has 4 rings (SSSR count). The third kappa shape index (κ3) is 4.13. The van der Waals surface area contributed by atoms with Crippen molar-refractivity contribution in [2.75, 3.05) is 37.2 Å². The van der Waals surface area contributed by atoms with Gasteiger partial charge >= 0.3 is 0 Å². The van der Waals surface area contributed by atoms with Crippen LogP contribution in [-0.2, 0) is 14.5 Å². The number of rotatable bonds is 4. The number of aldehydes is 1. The van der Waals surface area contributed by atoms with Crippen molar-refractivity contribution in [3.05, 3.63) is 30.1 Å². The first kappa shape index (κ1) is 19.5. The molecule has 0 spiro atoms. The normalized spacial score (nSPS) is 17.5. The Morgan fingerprint density at radius 1 is 1.31 bits per heavy atom. The summed E-state index contributed by atoms with van der Waals surface area (Å²) in [5.41, 5.74) is 1.51. The molecular weight excluding hydrogens is 392 g/mol. The predicted octanol–water partition coefficient (Wildman–Crippen LogP) is 2.42. The molecule has 4 heterocycles. The van der Waals surface area contributed by atoms with E-state index in [1.54, 1.807) is 30.8 Å². The molecule has 1 aliphatic heterocycles. The van der Waals surface area contributed by atoms with Gasteiger partial charge in [-0.15, -0.1) is 0 Å². The summed E-state index contributed by atoms with van der Waals surface area (Å²) in [6, 6.07) is 5.39. The molecule has 1 atom stereocenters. The maximum atomic E-state index is 12.3. The minimum absolute atomic E-state index is 0.127. The van der Waals surface area contributed by atoms with Crippen LogP contribution in [0.25, 0.3) is 22.4 Å². The van der Waals surface area contributed by atoms with Gasteiger partial charge in [-0.3, -0.25) is 4.79 Å². The second-order valence-corrected chi connectivity index (χ2v) is 9.80. The highest BCUT2D eigenvalue weighted by atomic mass is 32.2. The first-order chi connectivity index (χ1) is 13.8. The van der Waals surface area contributed by atoms with Gasteiger partial charge in [-0.25, -0.2) is 19.2 Å². The highest BCUT2D eigenvalue weighted by Crippen LogP contribution is 2.30. The van der Waals surface area contributed by atoms with Gasteiger partial charge in [0.2, 0.25) is 0 Å². The van der Waals surface area contributed by atoms with Crippen LogP contribution in [0, 0.1) is 0 Å². The molecule has 3 aromatic heterocycles. The summed E-state index contributed by atoms with van der Waals surface area (Å²) in [4.78, 5) is 30.1. The predicted molar refractivity (Wildman–Crippen MR) is 112 cm³/mol. The lowest BCUT2D eigenvalue weighted by Gasteiger charge is -2.34. The standard InChI is InChI=1S/C19H22N6O3S/c1-12-11-28-7-6-25(12)17-9-16(24-29(2,3)27)22-19(23-17)15-8-13(10-26)21-18-14(15)4-5-20-18/h4-5,8-10,12H,6-7,11H2,1-3H3,(H,20,21)/t12-/m1/s1. The zero-order valence-corrected chi connectivity index (χ0v) is 17.3. The van der Waals surface area contributed by atoms with Crippen molar-refractivity contribution in [2.45, 2.75) is 13.0 Å². The Labute approximate surface area is 168 Å². The number of hydrogen-bond acceptors (Lipinski definition) is 8. The highest BCUT2D eigenvalue weighted by Gasteiger charge is 2.23. The van der Waals surface area contributed by atoms with E-state index in [0.717, 1.165) is 5.39 Å². The fourth-order valence-electron chi connectivity index (χ4n) is 3.33. The average molecular weight is 414 g/mol. The molecular formula is C19H22N6O3S. The molecule has 10 heteroatoms. The Morgan fingerprint density at radius 2 is 2.14 bits per heavy atom. The van der Waals surface area contributed by atoms with Crippen LogP contribution in [0.3, 0.4) is 0 Å². The molecule has 0 aromatic carbocycles. The summed E-state index contributed by atoms with van der Waals surface area (Å²) in [6.45, 7) is 3.93. The number of nitrogens with one attached hydrogen (secondary N) is 1. The minimum Gasteiger partial charge on any atom is -0.377 e. The molecule has 0 aliphatic carbocycles. The summed E-state index contributed by atoms with van der Waals surface area (Å²) >= 11 is 0. The van der Waals surface area contributed by atoms with Gasteiger partial charge in [-0.05, 0) is 19.1 Å². The van der Waals surface area contributed by atoms with Crippen molar-refractivity contribution in [3.8, 4) is 11.4 Å². The van der Waals surface area contributed by atoms with Gasteiger partial charge in [0.15, 0.2) is 17.9 Å². The molecule has 0 unspecified atom stereocenters. The number of aromatic amines is 1. The lowest BCUT2D eigenvalue weighted by molar-refractivity contribution is 0.0985. The number of H-pyrrole nitrogens is 1. The maximum Gasteiger partial charge on any atom is 0.168 e. The molecule has 1 aliphatic rings. The number of pyridine rings is 1. The Hall–Kier alpha value is -2.85. The molecule has 3 aromatic rings. The molecule has 9 nitrogen and oxygen atoms in total. The van der Waals surface area contributed by atoms with Crippen molar-refractivity contribution in [1.29, 1.82) is 0 Å². The minimum atomic E-state index is -2.41. The van der Waals surface area contributed by atoms with Gasteiger partial charge in [0.25, 0.3) is 0 Å². The Kier molecular flexibility index (Phi) is 5.05. The molecule has 0 bridgehead atoms. The van der Waals surface area contributed by atoms with E-state index in [0.29, 0.717) is 54.7 Å². The van der Waals surface area contributed by atoms with Crippen molar-refractivity contribution in [1.82, 2.24) is 19.9 Å². The van der Waals surface area contributed by atoms with Crippen LogP contribution in [0.15, 0.2) is 28.8 Å². The average Bonchev–Trinajstić information content (AvgIpc) is 3.14. The third-order valence-corrected chi connectivity index (χ3v) is 5.21. The number of carbonyl (C=O) groups is 1. The largest absolute Gasteiger partial charge is 0.377 e. The topological polar surface area (TPSA) is 113 Å². The molecule has 1 N–H and O–H groups in total. The van der Waals surface area contributed by atoms with Crippen LogP contribution in [0.1, 0.15) is 17.4 Å². The van der Waals surface area contributed by atoms with Gasteiger partial charge in [-0.2, -0.15) is 4.36 Å². The molecule has 0 saturated carbocycles. The van der Waals surface area contributed by atoms with Crippen molar-refractivity contribution < 1.29 is 13.7 Å². The van der Waals surface area contributed by atoms with E-state index in [4.69, 9.17) is 9.72 Å². The summed E-state index contributed by atoms with van der Waals surface area (Å²) in [5.74, 6) is 1.42. The number of aromatic nitrogens is 4. The van der Waals surface area contributed by atoms with Crippen LogP contribution < -0.4 is 4.90 Å². The molecule has 152 valence electrons. The first-order valence-electron chi connectivity index (χ1n) is 9.18. The molecule has 0 amide bonds. The summed E-state index contributed by atoms with van der Waals surface area (Å²) in [6.07, 6.45) is 5.56. The van der Waals surface area contributed by atoms with E-state index in [2.05, 4.69) is 31.1 Å². The number of hydrogen-bond donors (Lipinski definition) is 1. The highest BCUT2D eigenvalue weighted by molar-refractivity contribution is 7.92. The molecule has 29 heavy (non-hydrogen) atoms. The van der Waals surface area contributed by atoms with E-state index in [1.165, 1.54) is 0 Å². The second-order valence-electron chi connectivity index (χ2n) is 7.25. The quantitative estimate of drug-likeness (QED) is 0.652. The van der Waals surface area contributed by atoms with Crippen molar-refractivity contribution in [3.63, 3.8) is 0 Å². The van der Waals surface area contributed by atoms with Crippen molar-refractivity contribution >= 4 is 38.7 Å². The van der Waals surface area contributed by atoms with Gasteiger partial charge in [0, 0.05) is 52.0 Å². The second kappa shape index (κ2) is 7.53. The number of ether oxygens (including phenoxy) is 1. The number of carbonyl (C=O) groups excluding carboxylic acids is 1. The first-order valence-corrected chi connectivity index (χ1v) is 11.5. The fourth-order valence-corrected chi connectivity index (χ4v) is 3.88. The fraction of sp³-hybridized carbons (Fsp3) is 0.368. The number of nitrogens with zero attached hydrogens (tertiary/aromatic N) is 5. The van der Waals surface area contributed by atoms with E-state index in [1.807, 2.05) is 6.07 Å². The van der Waals surface area contributed by atoms with Crippen LogP contribution in [0.2, 0.25) is 0 Å².